The van der Waals surface area contributed by atoms with Crippen molar-refractivity contribution < 1.29 is 113 Å². The first-order chi connectivity index (χ1) is 9.20. The normalized spacial score (nSPS) is 7.64. The molecule has 0 atom stereocenters. The standard InChI is InChI=1S/C10H16N2O8.4H3N.2Na.2H2O.2H/c13-7(14)3-11(4-8(15)16)1-2-12(5-9(17)18)6-10(19)20;;;;;;;;;;/h1-6H2,(H,13,14)(H,15,16)(H,17,18)(H,19,20);4*1H3;;;2*1H2;;/q;;;;;2*+1;;;2*-1. The largest absolute Gasteiger partial charge is 1.00 e. The van der Waals surface area contributed by atoms with E-state index in [0.29, 0.717) is 0 Å². The first-order valence-electron chi connectivity index (χ1n) is 5.52. The van der Waals surface area contributed by atoms with E-state index in [-0.39, 0.29) is 111 Å². The maximum Gasteiger partial charge on any atom is 1.00 e. The molecule has 18 heteroatoms. The van der Waals surface area contributed by atoms with Crippen molar-refractivity contribution in [1.82, 2.24) is 34.4 Å². The Bertz CT molecular complexity index is 349. The van der Waals surface area contributed by atoms with Gasteiger partial charge in [-0.1, -0.05) is 0 Å². The second-order valence-corrected chi connectivity index (χ2v) is 4.00. The minimum atomic E-state index is -1.23. The Balaban J connectivity index is -0.0000000401. The van der Waals surface area contributed by atoms with Gasteiger partial charge in [0, 0.05) is 13.1 Å². The van der Waals surface area contributed by atoms with Crippen LogP contribution in [0.2, 0.25) is 0 Å². The number of carbonyl (C=O) groups is 4. The average Bonchev–Trinajstić information content (AvgIpc) is 2.22. The zero-order chi connectivity index (χ0) is 15.7. The van der Waals surface area contributed by atoms with Crippen molar-refractivity contribution in [2.24, 2.45) is 0 Å². The third-order valence-corrected chi connectivity index (χ3v) is 2.17. The molecule has 0 spiro atoms. The molecule has 0 unspecified atom stereocenters. The molecule has 0 aromatic carbocycles. The summed E-state index contributed by atoms with van der Waals surface area (Å²) in [5, 5.41) is 34.5. The molecule has 0 aromatic rings. The summed E-state index contributed by atoms with van der Waals surface area (Å²) in [5.74, 6) is -4.91. The Labute approximate surface area is 209 Å². The maximum atomic E-state index is 10.6. The number of carboxylic acid groups (broad SMARTS) is 4. The van der Waals surface area contributed by atoms with Crippen molar-refractivity contribution in [1.29, 1.82) is 0 Å². The van der Waals surface area contributed by atoms with Crippen molar-refractivity contribution in [2.45, 2.75) is 0 Å². The van der Waals surface area contributed by atoms with E-state index in [1.807, 2.05) is 0 Å². The molecular weight excluding hydrogens is 410 g/mol. The van der Waals surface area contributed by atoms with Gasteiger partial charge in [-0.15, -0.1) is 0 Å². The zero-order valence-corrected chi connectivity index (χ0v) is 20.4. The molecule has 0 bridgehead atoms. The van der Waals surface area contributed by atoms with Gasteiger partial charge in [0.05, 0.1) is 26.2 Å². The molecule has 0 rings (SSSR count). The molecule has 0 amide bonds. The molecule has 0 aromatic heterocycles. The Hall–Kier alpha value is -0.440. The van der Waals surface area contributed by atoms with Crippen LogP contribution < -0.4 is 83.7 Å². The minimum absolute atomic E-state index is 0. The third kappa shape index (κ3) is 36.5. The van der Waals surface area contributed by atoms with E-state index >= 15 is 0 Å². The first-order valence-corrected chi connectivity index (χ1v) is 5.52. The molecule has 0 heterocycles. The van der Waals surface area contributed by atoms with Crippen molar-refractivity contribution >= 4 is 23.9 Å². The van der Waals surface area contributed by atoms with Gasteiger partial charge in [-0.05, 0) is 0 Å². The molecule has 20 N–H and O–H groups in total. The predicted molar refractivity (Wildman–Crippen MR) is 93.0 cm³/mol. The van der Waals surface area contributed by atoms with Gasteiger partial charge < -0.3 is 58.8 Å². The second-order valence-electron chi connectivity index (χ2n) is 4.00. The molecule has 0 fully saturated rings. The van der Waals surface area contributed by atoms with Crippen molar-refractivity contribution in [3.05, 3.63) is 0 Å². The van der Waals surface area contributed by atoms with E-state index in [0.717, 1.165) is 9.80 Å². The topological polar surface area (TPSA) is 359 Å². The number of rotatable bonds is 11. The molecule has 0 aliphatic carbocycles. The number of hydrogen-bond donors (Lipinski definition) is 8. The van der Waals surface area contributed by atoms with Crippen molar-refractivity contribution in [3.63, 3.8) is 0 Å². The molecule has 16 nitrogen and oxygen atoms in total. The Morgan fingerprint density at radius 2 is 0.679 bits per heavy atom. The van der Waals surface area contributed by atoms with E-state index in [4.69, 9.17) is 20.4 Å². The van der Waals surface area contributed by atoms with Crippen LogP contribution in [0.5, 0.6) is 0 Å². The second kappa shape index (κ2) is 31.3. The smallest absolute Gasteiger partial charge is 1.00 e. The molecule has 166 valence electrons. The fraction of sp³-hybridized carbons (Fsp3) is 0.600. The Morgan fingerprint density at radius 3 is 0.786 bits per heavy atom. The monoisotopic (exact) mass is 444 g/mol. The summed E-state index contributed by atoms with van der Waals surface area (Å²) in [5.41, 5.74) is 0. The predicted octanol–water partition coefficient (Wildman–Crippen LogP) is -8.84. The minimum Gasteiger partial charge on any atom is -1.00 e. The quantitative estimate of drug-likeness (QED) is 0.137. The summed E-state index contributed by atoms with van der Waals surface area (Å²) in [6.45, 7) is -2.25. The SMILES string of the molecule is N.N.N.N.O.O.O=C(O)CN(CCN(CC(=O)O)CC(=O)O)CC(=O)O.[H-].[H-].[Na+].[Na+]. The van der Waals surface area contributed by atoms with E-state index in [2.05, 4.69) is 0 Å². The van der Waals surface area contributed by atoms with Gasteiger partial charge in [0.25, 0.3) is 0 Å². The summed E-state index contributed by atoms with van der Waals surface area (Å²) < 4.78 is 0. The summed E-state index contributed by atoms with van der Waals surface area (Å²) in [4.78, 5) is 44.4. The number of carboxylic acids is 4. The Morgan fingerprint density at radius 1 is 0.536 bits per heavy atom. The Kier molecular flexibility index (Phi) is 63.0. The zero-order valence-electron chi connectivity index (χ0n) is 18.4. The molecular formula is C10H34N6Na2O10. The summed E-state index contributed by atoms with van der Waals surface area (Å²) in [6, 6.07) is 0. The van der Waals surface area contributed by atoms with Crippen LogP contribution >= 0.6 is 0 Å². The van der Waals surface area contributed by atoms with Crippen LogP contribution in [-0.4, -0.2) is 104 Å². The van der Waals surface area contributed by atoms with Crippen LogP contribution in [0.15, 0.2) is 0 Å². The van der Waals surface area contributed by atoms with Crippen LogP contribution in [0.4, 0.5) is 0 Å². The first kappa shape index (κ1) is 56.4. The van der Waals surface area contributed by atoms with Gasteiger partial charge in [0.2, 0.25) is 0 Å². The number of hydrogen-bond acceptors (Lipinski definition) is 10. The van der Waals surface area contributed by atoms with E-state index in [9.17, 15) is 19.2 Å². The van der Waals surface area contributed by atoms with Gasteiger partial charge in [-0.2, -0.15) is 0 Å². The third-order valence-electron chi connectivity index (χ3n) is 2.17. The van der Waals surface area contributed by atoms with E-state index in [1.54, 1.807) is 0 Å². The molecule has 0 radical (unpaired) electrons. The fourth-order valence-corrected chi connectivity index (χ4v) is 1.48. The van der Waals surface area contributed by atoms with Crippen LogP contribution in [0.1, 0.15) is 2.85 Å². The van der Waals surface area contributed by atoms with Crippen LogP contribution in [0.3, 0.4) is 0 Å². The summed E-state index contributed by atoms with van der Waals surface area (Å²) in [6.07, 6.45) is 0. The van der Waals surface area contributed by atoms with Gasteiger partial charge in [-0.3, -0.25) is 29.0 Å². The van der Waals surface area contributed by atoms with E-state index < -0.39 is 50.1 Å². The number of aliphatic carboxylic acids is 4. The van der Waals surface area contributed by atoms with Gasteiger partial charge >= 0.3 is 83.0 Å². The average molecular weight is 444 g/mol. The molecule has 0 saturated carbocycles. The number of nitrogens with zero attached hydrogens (tertiary/aromatic N) is 2. The van der Waals surface area contributed by atoms with Gasteiger partial charge in [0.1, 0.15) is 0 Å². The van der Waals surface area contributed by atoms with Gasteiger partial charge in [-0.25, -0.2) is 0 Å². The van der Waals surface area contributed by atoms with Crippen molar-refractivity contribution in [2.75, 3.05) is 39.3 Å². The molecule has 0 aliphatic heterocycles. The summed E-state index contributed by atoms with van der Waals surface area (Å²) >= 11 is 0. The molecule has 28 heavy (non-hydrogen) atoms. The van der Waals surface area contributed by atoms with Crippen LogP contribution in [-0.2, 0) is 19.2 Å². The van der Waals surface area contributed by atoms with Gasteiger partial charge in [0.15, 0.2) is 0 Å². The maximum absolute atomic E-state index is 10.6. The summed E-state index contributed by atoms with van der Waals surface area (Å²) in [7, 11) is 0. The van der Waals surface area contributed by atoms with Crippen LogP contribution in [0, 0.1) is 0 Å². The molecule has 0 aliphatic rings. The molecule has 0 saturated heterocycles. The van der Waals surface area contributed by atoms with E-state index in [1.165, 1.54) is 0 Å². The van der Waals surface area contributed by atoms with Crippen LogP contribution in [0.25, 0.3) is 0 Å². The fourth-order valence-electron chi connectivity index (χ4n) is 1.48. The van der Waals surface area contributed by atoms with Crippen molar-refractivity contribution in [3.8, 4) is 0 Å².